The van der Waals surface area contributed by atoms with E-state index in [0.717, 1.165) is 25.7 Å². The molecule has 0 unspecified atom stereocenters. The number of unbranched alkanes of at least 4 members (excludes halogenated alkanes) is 1. The van der Waals surface area contributed by atoms with E-state index in [2.05, 4.69) is 16.0 Å². The number of amides is 3. The summed E-state index contributed by atoms with van der Waals surface area (Å²) in [5.74, 6) is -0.0618. The van der Waals surface area contributed by atoms with Crippen LogP contribution in [-0.4, -0.2) is 37.1 Å². The lowest BCUT2D eigenvalue weighted by Gasteiger charge is -2.29. The Kier molecular flexibility index (Phi) is 6.62. The molecule has 0 saturated heterocycles. The third kappa shape index (κ3) is 4.70. The van der Waals surface area contributed by atoms with Gasteiger partial charge in [-0.2, -0.15) is 0 Å². The molecule has 1 aliphatic rings. The molecule has 0 aromatic rings. The van der Waals surface area contributed by atoms with E-state index >= 15 is 0 Å². The fraction of sp³-hybridized carbons (Fsp3) is 0.846. The highest BCUT2D eigenvalue weighted by molar-refractivity contribution is 5.91. The minimum absolute atomic E-state index is 0.0618. The molecule has 0 aromatic carbocycles. The Morgan fingerprint density at radius 2 is 1.84 bits per heavy atom. The van der Waals surface area contributed by atoms with Crippen molar-refractivity contribution in [3.05, 3.63) is 0 Å². The molecule has 0 radical (unpaired) electrons. The summed E-state index contributed by atoms with van der Waals surface area (Å²) < 4.78 is 0. The quantitative estimate of drug-likeness (QED) is 0.506. The van der Waals surface area contributed by atoms with Crippen LogP contribution >= 0.6 is 0 Å². The van der Waals surface area contributed by atoms with Crippen LogP contribution < -0.4 is 21.7 Å². The summed E-state index contributed by atoms with van der Waals surface area (Å²) in [5, 5.41) is 8.44. The number of urea groups is 1. The van der Waals surface area contributed by atoms with E-state index in [0.29, 0.717) is 32.5 Å². The lowest BCUT2D eigenvalue weighted by atomic mass is 9.96. The molecule has 6 heteroatoms. The van der Waals surface area contributed by atoms with Gasteiger partial charge in [-0.3, -0.25) is 4.79 Å². The number of nitrogens with one attached hydrogen (secondary N) is 3. The average molecular weight is 270 g/mol. The van der Waals surface area contributed by atoms with Crippen LogP contribution in [0.25, 0.3) is 0 Å². The Morgan fingerprint density at radius 3 is 2.42 bits per heavy atom. The van der Waals surface area contributed by atoms with Crippen molar-refractivity contribution in [1.82, 2.24) is 16.0 Å². The molecule has 0 bridgehead atoms. The highest BCUT2D eigenvalue weighted by atomic mass is 16.2. The largest absolute Gasteiger partial charge is 0.354 e. The first kappa shape index (κ1) is 15.8. The van der Waals surface area contributed by atoms with Crippen LogP contribution in [0.1, 0.15) is 45.4 Å². The maximum Gasteiger partial charge on any atom is 0.315 e. The van der Waals surface area contributed by atoms with Gasteiger partial charge in [0.25, 0.3) is 0 Å². The van der Waals surface area contributed by atoms with Crippen molar-refractivity contribution < 1.29 is 9.59 Å². The molecule has 6 nitrogen and oxygen atoms in total. The normalized spacial score (nSPS) is 16.9. The lowest BCUT2D eigenvalue weighted by molar-refractivity contribution is -0.127. The van der Waals surface area contributed by atoms with Gasteiger partial charge in [0, 0.05) is 13.1 Å². The van der Waals surface area contributed by atoms with Crippen molar-refractivity contribution in [2.45, 2.75) is 51.0 Å². The Morgan fingerprint density at radius 1 is 1.16 bits per heavy atom. The van der Waals surface area contributed by atoms with Crippen LogP contribution in [0.5, 0.6) is 0 Å². The number of carbonyl (C=O) groups is 2. The molecule has 0 spiro atoms. The minimum Gasteiger partial charge on any atom is -0.354 e. The van der Waals surface area contributed by atoms with Gasteiger partial charge < -0.3 is 21.7 Å². The molecule has 1 fully saturated rings. The third-order valence-electron chi connectivity index (χ3n) is 3.50. The van der Waals surface area contributed by atoms with Crippen LogP contribution in [0.3, 0.4) is 0 Å². The Labute approximate surface area is 114 Å². The zero-order valence-corrected chi connectivity index (χ0v) is 11.8. The molecule has 1 saturated carbocycles. The fourth-order valence-corrected chi connectivity index (χ4v) is 2.45. The fourth-order valence-electron chi connectivity index (χ4n) is 2.45. The van der Waals surface area contributed by atoms with Gasteiger partial charge in [0.15, 0.2) is 0 Å². The Hall–Kier alpha value is -1.30. The van der Waals surface area contributed by atoms with Crippen LogP contribution in [0, 0.1) is 0 Å². The van der Waals surface area contributed by atoms with Gasteiger partial charge in [-0.25, -0.2) is 4.79 Å². The van der Waals surface area contributed by atoms with E-state index < -0.39 is 5.54 Å². The minimum atomic E-state index is -0.720. The summed E-state index contributed by atoms with van der Waals surface area (Å²) in [6.45, 7) is 3.67. The van der Waals surface area contributed by atoms with Crippen LogP contribution in [0.4, 0.5) is 4.79 Å². The van der Waals surface area contributed by atoms with Gasteiger partial charge >= 0.3 is 6.03 Å². The summed E-state index contributed by atoms with van der Waals surface area (Å²) in [6, 6.07) is -0.262. The Balaban J connectivity index is 2.50. The van der Waals surface area contributed by atoms with Crippen LogP contribution in [-0.2, 0) is 4.79 Å². The molecule has 1 rings (SSSR count). The first-order chi connectivity index (χ1) is 9.14. The highest BCUT2D eigenvalue weighted by Crippen LogP contribution is 2.29. The molecule has 0 atom stereocenters. The number of carbonyl (C=O) groups excluding carboxylic acids is 2. The molecular formula is C13H26N4O2. The molecular weight excluding hydrogens is 244 g/mol. The topological polar surface area (TPSA) is 96.2 Å². The van der Waals surface area contributed by atoms with E-state index in [4.69, 9.17) is 5.73 Å². The lowest BCUT2D eigenvalue weighted by Crippen LogP contribution is -2.59. The van der Waals surface area contributed by atoms with E-state index in [1.807, 2.05) is 6.92 Å². The first-order valence-electron chi connectivity index (χ1n) is 7.19. The molecule has 1 aliphatic carbocycles. The average Bonchev–Trinajstić information content (AvgIpc) is 2.84. The van der Waals surface area contributed by atoms with E-state index in [1.54, 1.807) is 0 Å². The summed E-state index contributed by atoms with van der Waals surface area (Å²) in [6.07, 6.45) is 5.15. The molecule has 0 aliphatic heterocycles. The van der Waals surface area contributed by atoms with Crippen molar-refractivity contribution in [3.63, 3.8) is 0 Å². The van der Waals surface area contributed by atoms with Crippen LogP contribution in [0.15, 0.2) is 0 Å². The SMILES string of the molecule is CCNC(=O)NC1(C(=O)NCCCCN)CCCC1. The Bertz CT molecular complexity index is 301. The third-order valence-corrected chi connectivity index (χ3v) is 3.50. The summed E-state index contributed by atoms with van der Waals surface area (Å²) in [7, 11) is 0. The first-order valence-corrected chi connectivity index (χ1v) is 7.19. The number of rotatable bonds is 7. The van der Waals surface area contributed by atoms with Gasteiger partial charge in [-0.15, -0.1) is 0 Å². The maximum atomic E-state index is 12.3. The second kappa shape index (κ2) is 7.99. The zero-order valence-electron chi connectivity index (χ0n) is 11.8. The maximum absolute atomic E-state index is 12.3. The predicted molar refractivity (Wildman–Crippen MR) is 74.7 cm³/mol. The van der Waals surface area contributed by atoms with Gasteiger partial charge in [0.1, 0.15) is 5.54 Å². The molecule has 0 aromatic heterocycles. The summed E-state index contributed by atoms with van der Waals surface area (Å²) in [4.78, 5) is 24.0. The molecule has 5 N–H and O–H groups in total. The number of nitrogens with two attached hydrogens (primary N) is 1. The summed E-state index contributed by atoms with van der Waals surface area (Å²) >= 11 is 0. The monoisotopic (exact) mass is 270 g/mol. The van der Waals surface area contributed by atoms with E-state index in [-0.39, 0.29) is 11.9 Å². The molecule has 3 amide bonds. The van der Waals surface area contributed by atoms with Gasteiger partial charge in [-0.05, 0) is 39.2 Å². The molecule has 19 heavy (non-hydrogen) atoms. The smallest absolute Gasteiger partial charge is 0.315 e. The van der Waals surface area contributed by atoms with Crippen molar-refractivity contribution in [3.8, 4) is 0 Å². The number of hydrogen-bond acceptors (Lipinski definition) is 3. The zero-order chi connectivity index (χ0) is 14.1. The van der Waals surface area contributed by atoms with E-state index in [1.165, 1.54) is 0 Å². The molecule has 0 heterocycles. The van der Waals surface area contributed by atoms with Gasteiger partial charge in [0.2, 0.25) is 5.91 Å². The standard InChI is InChI=1S/C13H26N4O2/c1-2-15-12(19)17-13(7-3-4-8-13)11(18)16-10-6-5-9-14/h2-10,14H2,1H3,(H,16,18)(H2,15,17,19). The van der Waals surface area contributed by atoms with E-state index in [9.17, 15) is 9.59 Å². The van der Waals surface area contributed by atoms with Crippen molar-refractivity contribution >= 4 is 11.9 Å². The predicted octanol–water partition coefficient (Wildman–Crippen LogP) is 0.473. The second-order valence-electron chi connectivity index (χ2n) is 5.03. The van der Waals surface area contributed by atoms with Gasteiger partial charge in [-0.1, -0.05) is 12.8 Å². The molecule has 110 valence electrons. The second-order valence-corrected chi connectivity index (χ2v) is 5.03. The number of hydrogen-bond donors (Lipinski definition) is 4. The highest BCUT2D eigenvalue weighted by Gasteiger charge is 2.42. The van der Waals surface area contributed by atoms with Crippen molar-refractivity contribution in [2.75, 3.05) is 19.6 Å². The van der Waals surface area contributed by atoms with Crippen molar-refractivity contribution in [1.29, 1.82) is 0 Å². The van der Waals surface area contributed by atoms with Crippen molar-refractivity contribution in [2.24, 2.45) is 5.73 Å². The van der Waals surface area contributed by atoms with Crippen LogP contribution in [0.2, 0.25) is 0 Å². The van der Waals surface area contributed by atoms with Gasteiger partial charge in [0.05, 0.1) is 0 Å². The summed E-state index contributed by atoms with van der Waals surface area (Å²) in [5.41, 5.74) is 4.69.